The predicted molar refractivity (Wildman–Crippen MR) is 36.6 cm³/mol. The molecule has 1 heterocycles. The minimum Gasteiger partial charge on any atom is -0.225 e. The molecule has 0 fully saturated rings. The molecule has 3 heteroatoms. The van der Waals surface area contributed by atoms with E-state index in [0.717, 1.165) is 0 Å². The molecule has 0 radical (unpaired) electrons. The molecule has 0 N–H and O–H groups in total. The quantitative estimate of drug-likeness (QED) is 0.574. The summed E-state index contributed by atoms with van der Waals surface area (Å²) >= 11 is 2.93. The second-order valence-corrected chi connectivity index (χ2v) is 2.35. The highest BCUT2D eigenvalue weighted by molar-refractivity contribution is 9.10. The molecule has 0 aliphatic heterocycles. The monoisotopic (exact) mass is 191 g/mol. The van der Waals surface area contributed by atoms with E-state index in [1.165, 1.54) is 6.92 Å². The average Bonchev–Trinajstić information content (AvgIpc) is 1.97. The van der Waals surface area contributed by atoms with Gasteiger partial charge >= 0.3 is 0 Å². The molecule has 0 unspecified atom stereocenters. The lowest BCUT2D eigenvalue weighted by Gasteiger charge is -1.91. The number of halogens is 2. The molecule has 1 rings (SSSR count). The van der Waals surface area contributed by atoms with E-state index in [9.17, 15) is 4.39 Å². The fourth-order valence-electron chi connectivity index (χ4n) is 0.484. The van der Waals surface area contributed by atoms with Crippen molar-refractivity contribution >= 4 is 15.9 Å². The van der Waals surface area contributed by atoms with Crippen LogP contribution in [0.1, 0.15) is 8.44 Å². The summed E-state index contributed by atoms with van der Waals surface area (Å²) in [5.74, 6) is -0.842. The van der Waals surface area contributed by atoms with Crippen LogP contribution in [0.15, 0.2) is 16.6 Å². The van der Waals surface area contributed by atoms with Gasteiger partial charge < -0.3 is 0 Å². The Labute approximate surface area is 63.9 Å². The zero-order valence-corrected chi connectivity index (χ0v) is 6.29. The Hall–Kier alpha value is -0.440. The van der Waals surface area contributed by atoms with E-state index in [-0.39, 0.29) is 22.3 Å². The summed E-state index contributed by atoms with van der Waals surface area (Å²) in [6, 6.07) is -0.294. The maximum atomic E-state index is 12.6. The zero-order valence-electron chi connectivity index (χ0n) is 6.70. The molecule has 0 aromatic carbocycles. The molecule has 1 aromatic heterocycles. The van der Waals surface area contributed by atoms with E-state index in [0.29, 0.717) is 0 Å². The molecule has 48 valence electrons. The van der Waals surface area contributed by atoms with Crippen molar-refractivity contribution in [2.45, 2.75) is 6.92 Å². The van der Waals surface area contributed by atoms with Gasteiger partial charge in [-0.05, 0) is 13.0 Å². The first-order valence-electron chi connectivity index (χ1n) is 3.33. The fourth-order valence-corrected chi connectivity index (χ4v) is 0.934. The van der Waals surface area contributed by atoms with Gasteiger partial charge in [-0.1, -0.05) is 15.9 Å². The smallest absolute Gasteiger partial charge is 0.214 e. The lowest BCUT2D eigenvalue weighted by molar-refractivity contribution is 0.579. The van der Waals surface area contributed by atoms with E-state index in [1.807, 2.05) is 0 Å². The third-order valence-electron chi connectivity index (χ3n) is 0.769. The van der Waals surface area contributed by atoms with Crippen LogP contribution in [0.3, 0.4) is 0 Å². The van der Waals surface area contributed by atoms with Crippen LogP contribution in [0.5, 0.6) is 0 Å². The van der Waals surface area contributed by atoms with Crippen LogP contribution in [0.2, 0.25) is 0 Å². The molecule has 0 atom stereocenters. The van der Waals surface area contributed by atoms with Gasteiger partial charge in [-0.2, -0.15) is 4.39 Å². The standard InChI is InChI=1S/C6H5BrFN/c1-4-2-5(7)3-6(8)9-4/h2-3H,1H3/i2D,3D. The van der Waals surface area contributed by atoms with E-state index >= 15 is 0 Å². The molecule has 0 saturated carbocycles. The van der Waals surface area contributed by atoms with E-state index in [4.69, 9.17) is 2.74 Å². The van der Waals surface area contributed by atoms with Crippen molar-refractivity contribution in [2.24, 2.45) is 0 Å². The molecule has 0 amide bonds. The molecular formula is C6H5BrFN. The Kier molecular flexibility index (Phi) is 1.19. The largest absolute Gasteiger partial charge is 0.225 e. The molecule has 0 bridgehead atoms. The molecule has 1 aromatic rings. The predicted octanol–water partition coefficient (Wildman–Crippen LogP) is 2.29. The second kappa shape index (κ2) is 2.43. The summed E-state index contributed by atoms with van der Waals surface area (Å²) in [6.07, 6.45) is 0. The van der Waals surface area contributed by atoms with Crippen molar-refractivity contribution in [3.63, 3.8) is 0 Å². The molecule has 0 spiro atoms. The second-order valence-electron chi connectivity index (χ2n) is 1.55. The molecule has 1 nitrogen and oxygen atoms in total. The first kappa shape index (κ1) is 4.39. The number of hydrogen-bond donors (Lipinski definition) is 0. The summed E-state index contributed by atoms with van der Waals surface area (Å²) in [7, 11) is 0. The number of pyridine rings is 1. The summed E-state index contributed by atoms with van der Waals surface area (Å²) in [5, 5.41) is 0. The molecule has 9 heavy (non-hydrogen) atoms. The maximum absolute atomic E-state index is 12.6. The van der Waals surface area contributed by atoms with E-state index in [2.05, 4.69) is 20.9 Å². The zero-order chi connectivity index (χ0) is 8.59. The number of hydrogen-bond acceptors (Lipinski definition) is 1. The van der Waals surface area contributed by atoms with Gasteiger partial charge in [0.05, 0.1) is 2.74 Å². The third-order valence-corrected chi connectivity index (χ3v) is 1.17. The van der Waals surface area contributed by atoms with Gasteiger partial charge in [0.25, 0.3) is 0 Å². The van der Waals surface area contributed by atoms with Crippen molar-refractivity contribution in [1.29, 1.82) is 0 Å². The van der Waals surface area contributed by atoms with Crippen molar-refractivity contribution in [3.05, 3.63) is 28.2 Å². The van der Waals surface area contributed by atoms with Gasteiger partial charge in [-0.3, -0.25) is 0 Å². The highest BCUT2D eigenvalue weighted by Crippen LogP contribution is 2.10. The van der Waals surface area contributed by atoms with E-state index in [1.54, 1.807) is 0 Å². The highest BCUT2D eigenvalue weighted by Gasteiger charge is 1.93. The maximum Gasteiger partial charge on any atom is 0.214 e. The minimum absolute atomic E-state index is 0.0661. The summed E-state index contributed by atoms with van der Waals surface area (Å²) < 4.78 is 27.1. The van der Waals surface area contributed by atoms with Gasteiger partial charge in [0.1, 0.15) is 0 Å². The summed E-state index contributed by atoms with van der Waals surface area (Å²) in [5.41, 5.74) is 0.283. The first-order chi connectivity index (χ1) is 5.04. The SMILES string of the molecule is [2H]c1c(C)nc(F)c([2H])c1Br. The van der Waals surface area contributed by atoms with Gasteiger partial charge in [-0.25, -0.2) is 4.98 Å². The number of rotatable bonds is 0. The Morgan fingerprint density at radius 2 is 2.44 bits per heavy atom. The first-order valence-corrected chi connectivity index (χ1v) is 3.12. The number of aromatic nitrogens is 1. The average molecular weight is 192 g/mol. The van der Waals surface area contributed by atoms with Crippen LogP contribution >= 0.6 is 15.9 Å². The minimum atomic E-state index is -0.842. The van der Waals surface area contributed by atoms with Crippen molar-refractivity contribution < 1.29 is 7.13 Å². The van der Waals surface area contributed by atoms with Gasteiger partial charge in [0.2, 0.25) is 5.95 Å². The number of nitrogens with zero attached hydrogens (tertiary/aromatic N) is 1. The molecular weight excluding hydrogens is 185 g/mol. The van der Waals surface area contributed by atoms with Crippen LogP contribution < -0.4 is 0 Å². The van der Waals surface area contributed by atoms with Crippen LogP contribution in [0.4, 0.5) is 4.39 Å². The van der Waals surface area contributed by atoms with Crippen LogP contribution in [0, 0.1) is 12.9 Å². The fraction of sp³-hybridized carbons (Fsp3) is 0.167. The lowest BCUT2D eigenvalue weighted by Crippen LogP contribution is -1.84. The summed E-state index contributed by atoms with van der Waals surface area (Å²) in [6.45, 7) is 1.52. The topological polar surface area (TPSA) is 12.9 Å². The Bertz CT molecular complexity index is 277. The Morgan fingerprint density at radius 1 is 1.78 bits per heavy atom. The van der Waals surface area contributed by atoms with Gasteiger partial charge in [0, 0.05) is 16.2 Å². The van der Waals surface area contributed by atoms with Crippen LogP contribution in [-0.4, -0.2) is 4.98 Å². The van der Waals surface area contributed by atoms with Crippen LogP contribution in [-0.2, 0) is 0 Å². The van der Waals surface area contributed by atoms with Crippen molar-refractivity contribution in [1.82, 2.24) is 4.98 Å². The highest BCUT2D eigenvalue weighted by atomic mass is 79.9. The van der Waals surface area contributed by atoms with Crippen LogP contribution in [0.25, 0.3) is 0 Å². The molecule has 0 aliphatic carbocycles. The van der Waals surface area contributed by atoms with Crippen molar-refractivity contribution in [3.8, 4) is 0 Å². The van der Waals surface area contributed by atoms with Gasteiger partial charge in [-0.15, -0.1) is 0 Å². The Morgan fingerprint density at radius 3 is 3.11 bits per heavy atom. The number of aryl methyl sites for hydroxylation is 1. The molecule has 0 aliphatic rings. The normalized spacial score (nSPS) is 12.8. The van der Waals surface area contributed by atoms with E-state index < -0.39 is 5.95 Å². The summed E-state index contributed by atoms with van der Waals surface area (Å²) in [4.78, 5) is 3.36. The van der Waals surface area contributed by atoms with Crippen molar-refractivity contribution in [2.75, 3.05) is 0 Å². The molecule has 0 saturated heterocycles. The Balaban J connectivity index is 3.46. The third kappa shape index (κ3) is 1.75. The van der Waals surface area contributed by atoms with Gasteiger partial charge in [0.15, 0.2) is 0 Å². The lowest BCUT2D eigenvalue weighted by atomic mass is 10.4.